The number of aromatic nitrogens is 1. The highest BCUT2D eigenvalue weighted by Gasteiger charge is 2.14. The molecule has 0 aliphatic heterocycles. The molecule has 100 valence electrons. The van der Waals surface area contributed by atoms with Crippen LogP contribution in [-0.4, -0.2) is 16.1 Å². The molecule has 2 heterocycles. The lowest BCUT2D eigenvalue weighted by Gasteiger charge is -1.99. The summed E-state index contributed by atoms with van der Waals surface area (Å²) in [6.45, 7) is 0. The lowest BCUT2D eigenvalue weighted by molar-refractivity contribution is -0.136. The van der Waals surface area contributed by atoms with Gasteiger partial charge in [0.2, 0.25) is 0 Å². The number of thiophene rings is 1. The molecule has 3 rings (SSSR count). The van der Waals surface area contributed by atoms with Crippen LogP contribution in [0.1, 0.15) is 5.56 Å². The van der Waals surface area contributed by atoms with Crippen molar-refractivity contribution in [2.45, 2.75) is 6.42 Å². The molecular formula is C14H8ClNO3S. The maximum absolute atomic E-state index is 12.1. The maximum Gasteiger partial charge on any atom is 0.307 e. The van der Waals surface area contributed by atoms with Gasteiger partial charge in [0.05, 0.1) is 21.7 Å². The van der Waals surface area contributed by atoms with Crippen LogP contribution in [-0.2, 0) is 11.2 Å². The van der Waals surface area contributed by atoms with Crippen molar-refractivity contribution >= 4 is 49.9 Å². The predicted molar refractivity (Wildman–Crippen MR) is 79.7 cm³/mol. The quantitative estimate of drug-likeness (QED) is 0.790. The molecule has 0 spiro atoms. The molecule has 0 bridgehead atoms. The van der Waals surface area contributed by atoms with E-state index in [-0.39, 0.29) is 6.42 Å². The third kappa shape index (κ3) is 2.15. The van der Waals surface area contributed by atoms with Crippen LogP contribution >= 0.6 is 22.9 Å². The third-order valence-electron chi connectivity index (χ3n) is 2.99. The van der Waals surface area contributed by atoms with Crippen molar-refractivity contribution < 1.29 is 9.90 Å². The van der Waals surface area contributed by atoms with Gasteiger partial charge in [0.25, 0.3) is 5.56 Å². The summed E-state index contributed by atoms with van der Waals surface area (Å²) in [5.41, 5.74) is 0.680. The second kappa shape index (κ2) is 4.85. The molecule has 0 amide bonds. The molecule has 0 aliphatic carbocycles. The van der Waals surface area contributed by atoms with Crippen molar-refractivity contribution in [2.75, 3.05) is 0 Å². The molecule has 0 fully saturated rings. The van der Waals surface area contributed by atoms with Gasteiger partial charge in [-0.15, -0.1) is 11.3 Å². The van der Waals surface area contributed by atoms with Gasteiger partial charge in [-0.2, -0.15) is 0 Å². The molecule has 0 radical (unpaired) electrons. The molecule has 20 heavy (non-hydrogen) atoms. The molecule has 0 saturated heterocycles. The number of hydrogen-bond donors (Lipinski definition) is 1. The SMILES string of the molecule is O=C(O)Cc1c2ccccc2nc(=O)c2cc(Cl)sc12. The van der Waals surface area contributed by atoms with Crippen molar-refractivity contribution in [3.8, 4) is 0 Å². The molecule has 1 N–H and O–H groups in total. The van der Waals surface area contributed by atoms with Gasteiger partial charge >= 0.3 is 5.97 Å². The topological polar surface area (TPSA) is 67.3 Å². The fourth-order valence-electron chi connectivity index (χ4n) is 2.19. The first-order valence-corrected chi connectivity index (χ1v) is 6.98. The first-order valence-electron chi connectivity index (χ1n) is 5.79. The van der Waals surface area contributed by atoms with E-state index in [2.05, 4.69) is 4.98 Å². The molecule has 4 nitrogen and oxygen atoms in total. The Morgan fingerprint density at radius 1 is 1.30 bits per heavy atom. The molecule has 6 heteroatoms. The van der Waals surface area contributed by atoms with Gasteiger partial charge in [-0.05, 0) is 17.7 Å². The number of fused-ring (bicyclic) bond motifs is 2. The first kappa shape index (κ1) is 13.0. The van der Waals surface area contributed by atoms with Gasteiger partial charge in [-0.1, -0.05) is 29.8 Å². The standard InChI is InChI=1S/C14H8ClNO3S/c15-11-5-9-13(20-11)8(6-12(17)18)7-3-1-2-4-10(7)16-14(9)19/h1-5H,6H2,(H,17,18). The van der Waals surface area contributed by atoms with Crippen LogP contribution in [0.25, 0.3) is 21.0 Å². The van der Waals surface area contributed by atoms with Crippen LogP contribution < -0.4 is 5.56 Å². The van der Waals surface area contributed by atoms with E-state index in [1.54, 1.807) is 30.3 Å². The van der Waals surface area contributed by atoms with Crippen LogP contribution in [0.4, 0.5) is 0 Å². The third-order valence-corrected chi connectivity index (χ3v) is 4.31. The van der Waals surface area contributed by atoms with E-state index in [0.29, 0.717) is 30.9 Å². The highest BCUT2D eigenvalue weighted by Crippen LogP contribution is 2.32. The largest absolute Gasteiger partial charge is 0.481 e. The van der Waals surface area contributed by atoms with Crippen LogP contribution in [0.2, 0.25) is 4.34 Å². The molecule has 0 unspecified atom stereocenters. The summed E-state index contributed by atoms with van der Waals surface area (Å²) >= 11 is 7.17. The zero-order valence-electron chi connectivity index (χ0n) is 10.1. The number of carbonyl (C=O) groups is 1. The van der Waals surface area contributed by atoms with Crippen molar-refractivity contribution in [1.29, 1.82) is 0 Å². The minimum Gasteiger partial charge on any atom is -0.481 e. The summed E-state index contributed by atoms with van der Waals surface area (Å²) in [6, 6.07) is 8.57. The highest BCUT2D eigenvalue weighted by molar-refractivity contribution is 7.22. The van der Waals surface area contributed by atoms with Gasteiger partial charge in [-0.3, -0.25) is 9.59 Å². The van der Waals surface area contributed by atoms with E-state index in [0.717, 1.165) is 0 Å². The number of aliphatic carboxylic acids is 1. The summed E-state index contributed by atoms with van der Waals surface area (Å²) in [4.78, 5) is 27.3. The molecule has 3 aromatic rings. The van der Waals surface area contributed by atoms with Crippen LogP contribution in [0.3, 0.4) is 0 Å². The Kier molecular flexibility index (Phi) is 3.16. The van der Waals surface area contributed by atoms with E-state index < -0.39 is 11.5 Å². The van der Waals surface area contributed by atoms with E-state index in [1.165, 1.54) is 11.3 Å². The second-order valence-electron chi connectivity index (χ2n) is 4.28. The van der Waals surface area contributed by atoms with Gasteiger partial charge in [0.15, 0.2) is 0 Å². The lowest BCUT2D eigenvalue weighted by Crippen LogP contribution is -2.00. The molecule has 0 aliphatic rings. The van der Waals surface area contributed by atoms with Crippen LogP contribution in [0, 0.1) is 0 Å². The first-order chi connectivity index (χ1) is 9.56. The van der Waals surface area contributed by atoms with Gasteiger partial charge < -0.3 is 5.11 Å². The average Bonchev–Trinajstić information content (AvgIpc) is 2.74. The highest BCUT2D eigenvalue weighted by atomic mass is 35.5. The van der Waals surface area contributed by atoms with Crippen LogP contribution in [0.5, 0.6) is 0 Å². The summed E-state index contributed by atoms with van der Waals surface area (Å²) < 4.78 is 1.04. The van der Waals surface area contributed by atoms with Gasteiger partial charge in [0, 0.05) is 10.1 Å². The fraction of sp³-hybridized carbons (Fsp3) is 0.0714. The zero-order chi connectivity index (χ0) is 14.3. The van der Waals surface area contributed by atoms with E-state index in [9.17, 15) is 9.59 Å². The van der Waals surface area contributed by atoms with E-state index in [4.69, 9.17) is 16.7 Å². The van der Waals surface area contributed by atoms with Crippen LogP contribution in [0.15, 0.2) is 35.1 Å². The monoisotopic (exact) mass is 305 g/mol. The number of nitrogens with zero attached hydrogens (tertiary/aromatic N) is 1. The zero-order valence-corrected chi connectivity index (χ0v) is 11.7. The van der Waals surface area contributed by atoms with Crippen molar-refractivity contribution in [3.05, 3.63) is 50.6 Å². The van der Waals surface area contributed by atoms with E-state index >= 15 is 0 Å². The number of carboxylic acid groups (broad SMARTS) is 1. The Hall–Kier alpha value is -1.98. The number of benzene rings is 1. The summed E-state index contributed by atoms with van der Waals surface area (Å²) in [7, 11) is 0. The maximum atomic E-state index is 12.1. The van der Waals surface area contributed by atoms with Gasteiger partial charge in [-0.25, -0.2) is 4.98 Å². The molecule has 0 atom stereocenters. The fourth-order valence-corrected chi connectivity index (χ4v) is 3.46. The number of carboxylic acids is 1. The van der Waals surface area contributed by atoms with Crippen molar-refractivity contribution in [3.63, 3.8) is 0 Å². The number of para-hydroxylation sites is 1. The summed E-state index contributed by atoms with van der Waals surface area (Å²) in [5, 5.41) is 10.2. The Morgan fingerprint density at radius 2 is 2.05 bits per heavy atom. The molecule has 0 saturated carbocycles. The Balaban J connectivity index is 2.59. The number of halogens is 1. The average molecular weight is 306 g/mol. The summed E-state index contributed by atoms with van der Waals surface area (Å²) in [5.74, 6) is -0.959. The van der Waals surface area contributed by atoms with Gasteiger partial charge in [0.1, 0.15) is 0 Å². The van der Waals surface area contributed by atoms with Crippen molar-refractivity contribution in [2.24, 2.45) is 0 Å². The van der Waals surface area contributed by atoms with Crippen molar-refractivity contribution in [1.82, 2.24) is 4.98 Å². The van der Waals surface area contributed by atoms with E-state index in [1.807, 2.05) is 0 Å². The predicted octanol–water partition coefficient (Wildman–Crippen LogP) is 3.09. The lowest BCUT2D eigenvalue weighted by atomic mass is 10.1. The number of hydrogen-bond acceptors (Lipinski definition) is 4. The smallest absolute Gasteiger partial charge is 0.307 e. The second-order valence-corrected chi connectivity index (χ2v) is 5.96. The molecule has 2 aromatic heterocycles. The molecule has 1 aromatic carbocycles. The summed E-state index contributed by atoms with van der Waals surface area (Å²) in [6.07, 6.45) is -0.177. The number of rotatable bonds is 2. The normalized spacial score (nSPS) is 11.1. The molecular weight excluding hydrogens is 298 g/mol. The Morgan fingerprint density at radius 3 is 2.80 bits per heavy atom. The minimum atomic E-state index is -0.959. The Bertz CT molecular complexity index is 904. The Labute approximate surface area is 122 Å². The minimum absolute atomic E-state index is 0.177.